The van der Waals surface area contributed by atoms with E-state index in [1.54, 1.807) is 42.1 Å². The zero-order valence-corrected chi connectivity index (χ0v) is 17.5. The Bertz CT molecular complexity index is 1300. The van der Waals surface area contributed by atoms with Crippen molar-refractivity contribution in [2.45, 2.75) is 18.4 Å². The maximum absolute atomic E-state index is 12.8. The van der Waals surface area contributed by atoms with Crippen molar-refractivity contribution in [2.75, 3.05) is 5.32 Å². The predicted molar refractivity (Wildman–Crippen MR) is 115 cm³/mol. The summed E-state index contributed by atoms with van der Waals surface area (Å²) in [4.78, 5) is 12.8. The number of aryl methyl sites for hydroxylation is 1. The van der Waals surface area contributed by atoms with Gasteiger partial charge in [0.2, 0.25) is 10.0 Å². The molecule has 0 aliphatic rings. The van der Waals surface area contributed by atoms with Crippen molar-refractivity contribution >= 4 is 21.7 Å². The summed E-state index contributed by atoms with van der Waals surface area (Å²) in [7, 11) is -3.82. The van der Waals surface area contributed by atoms with E-state index in [1.165, 1.54) is 18.4 Å². The van der Waals surface area contributed by atoms with E-state index < -0.39 is 15.9 Å². The number of furan rings is 1. The van der Waals surface area contributed by atoms with Crippen LogP contribution in [-0.2, 0) is 16.6 Å². The van der Waals surface area contributed by atoms with Crippen LogP contribution >= 0.6 is 0 Å². The van der Waals surface area contributed by atoms with Crippen LogP contribution in [0.4, 0.5) is 5.82 Å². The molecule has 0 bridgehead atoms. The number of nitrogens with one attached hydrogen (secondary N) is 2. The fraction of sp³-hybridized carbons (Fsp3) is 0.0909. The van der Waals surface area contributed by atoms with Crippen LogP contribution in [0.2, 0.25) is 0 Å². The Hall–Kier alpha value is -3.69. The third-order valence-corrected chi connectivity index (χ3v) is 6.03. The maximum Gasteiger partial charge on any atom is 0.257 e. The highest BCUT2D eigenvalue weighted by atomic mass is 32.2. The van der Waals surface area contributed by atoms with Gasteiger partial charge in [-0.05, 0) is 48.9 Å². The predicted octanol–water partition coefficient (Wildman–Crippen LogP) is 3.50. The van der Waals surface area contributed by atoms with E-state index in [1.807, 2.05) is 30.3 Å². The quantitative estimate of drug-likeness (QED) is 0.461. The number of amides is 1. The lowest BCUT2D eigenvalue weighted by molar-refractivity contribution is 0.102. The van der Waals surface area contributed by atoms with Crippen LogP contribution in [0.3, 0.4) is 0 Å². The average molecular weight is 436 g/mol. The van der Waals surface area contributed by atoms with Crippen molar-refractivity contribution in [2.24, 2.45) is 0 Å². The minimum atomic E-state index is -3.82. The second-order valence-corrected chi connectivity index (χ2v) is 8.58. The molecule has 0 fully saturated rings. The van der Waals surface area contributed by atoms with Gasteiger partial charge in [-0.1, -0.05) is 24.3 Å². The van der Waals surface area contributed by atoms with Gasteiger partial charge in [-0.15, -0.1) is 0 Å². The van der Waals surface area contributed by atoms with Gasteiger partial charge in [0.15, 0.2) is 5.82 Å². The summed E-state index contributed by atoms with van der Waals surface area (Å²) in [6, 6.07) is 18.9. The zero-order chi connectivity index (χ0) is 21.8. The Morgan fingerprint density at radius 1 is 1.06 bits per heavy atom. The summed E-state index contributed by atoms with van der Waals surface area (Å²) < 4.78 is 34.5. The van der Waals surface area contributed by atoms with Crippen LogP contribution in [-0.4, -0.2) is 24.1 Å². The first kappa shape index (κ1) is 20.6. The van der Waals surface area contributed by atoms with Gasteiger partial charge in [-0.25, -0.2) is 17.8 Å². The zero-order valence-electron chi connectivity index (χ0n) is 16.6. The molecule has 4 rings (SSSR count). The number of carbonyl (C=O) groups is 1. The second kappa shape index (κ2) is 8.58. The summed E-state index contributed by atoms with van der Waals surface area (Å²) in [5.41, 5.74) is 1.75. The van der Waals surface area contributed by atoms with Crippen molar-refractivity contribution in [1.82, 2.24) is 14.5 Å². The monoisotopic (exact) mass is 436 g/mol. The van der Waals surface area contributed by atoms with Crippen LogP contribution in [0, 0.1) is 6.92 Å². The summed E-state index contributed by atoms with van der Waals surface area (Å²) in [5, 5.41) is 7.07. The molecule has 2 N–H and O–H groups in total. The van der Waals surface area contributed by atoms with Crippen molar-refractivity contribution in [3.8, 4) is 5.69 Å². The van der Waals surface area contributed by atoms with Gasteiger partial charge < -0.3 is 9.73 Å². The highest BCUT2D eigenvalue weighted by molar-refractivity contribution is 7.89. The molecule has 0 saturated heterocycles. The first-order chi connectivity index (χ1) is 14.9. The van der Waals surface area contributed by atoms with E-state index in [0.717, 1.165) is 5.69 Å². The number of rotatable bonds is 7. The summed E-state index contributed by atoms with van der Waals surface area (Å²) >= 11 is 0. The molecule has 2 aromatic carbocycles. The number of anilines is 1. The van der Waals surface area contributed by atoms with Gasteiger partial charge in [0.1, 0.15) is 5.76 Å². The largest absolute Gasteiger partial charge is 0.468 e. The molecule has 0 saturated carbocycles. The first-order valence-corrected chi connectivity index (χ1v) is 11.0. The number of hydrogen-bond acceptors (Lipinski definition) is 5. The lowest BCUT2D eigenvalue weighted by atomic mass is 10.1. The van der Waals surface area contributed by atoms with Crippen LogP contribution in [0.15, 0.2) is 88.5 Å². The summed E-state index contributed by atoms with van der Waals surface area (Å²) in [6.45, 7) is 1.76. The van der Waals surface area contributed by atoms with Crippen molar-refractivity contribution in [1.29, 1.82) is 0 Å². The Balaban J connectivity index is 1.51. The Morgan fingerprint density at radius 3 is 2.61 bits per heavy atom. The third-order valence-electron chi connectivity index (χ3n) is 4.63. The van der Waals surface area contributed by atoms with E-state index in [4.69, 9.17) is 4.42 Å². The van der Waals surface area contributed by atoms with Gasteiger partial charge in [0.25, 0.3) is 5.91 Å². The van der Waals surface area contributed by atoms with E-state index in [0.29, 0.717) is 17.1 Å². The van der Waals surface area contributed by atoms with E-state index in [9.17, 15) is 13.2 Å². The number of aromatic nitrogens is 2. The molecule has 0 spiro atoms. The molecule has 158 valence electrons. The van der Waals surface area contributed by atoms with E-state index >= 15 is 0 Å². The summed E-state index contributed by atoms with van der Waals surface area (Å²) in [6.07, 6.45) is 3.20. The van der Waals surface area contributed by atoms with Gasteiger partial charge in [-0.2, -0.15) is 5.10 Å². The van der Waals surface area contributed by atoms with Crippen LogP contribution in [0.1, 0.15) is 21.7 Å². The Morgan fingerprint density at radius 2 is 1.87 bits per heavy atom. The van der Waals surface area contributed by atoms with Crippen molar-refractivity contribution in [3.05, 3.63) is 96.1 Å². The van der Waals surface area contributed by atoms with Crippen LogP contribution in [0.5, 0.6) is 0 Å². The molecule has 0 aliphatic carbocycles. The average Bonchev–Trinajstić information content (AvgIpc) is 3.45. The number of carbonyl (C=O) groups excluding carboxylic acids is 1. The molecule has 2 aromatic heterocycles. The molecule has 2 heterocycles. The molecule has 0 aliphatic heterocycles. The molecule has 4 aromatic rings. The fourth-order valence-electron chi connectivity index (χ4n) is 2.97. The van der Waals surface area contributed by atoms with Crippen LogP contribution < -0.4 is 10.0 Å². The number of sulfonamides is 1. The van der Waals surface area contributed by atoms with Crippen LogP contribution in [0.25, 0.3) is 5.69 Å². The van der Waals surface area contributed by atoms with Gasteiger partial charge in [-0.3, -0.25) is 4.79 Å². The SMILES string of the molecule is Cc1ccc(S(=O)(=O)NCc2ccco2)cc1C(=O)Nc1ccn(-c2ccccc2)n1. The molecular formula is C22H20N4O4S. The lowest BCUT2D eigenvalue weighted by Gasteiger charge is -2.10. The Kier molecular flexibility index (Phi) is 5.70. The number of hydrogen-bond donors (Lipinski definition) is 2. The normalized spacial score (nSPS) is 11.4. The molecule has 8 nitrogen and oxygen atoms in total. The molecule has 1 amide bonds. The molecule has 0 atom stereocenters. The number of para-hydroxylation sites is 1. The molecule has 31 heavy (non-hydrogen) atoms. The fourth-order valence-corrected chi connectivity index (χ4v) is 3.99. The van der Waals surface area contributed by atoms with E-state index in [-0.39, 0.29) is 17.0 Å². The smallest absolute Gasteiger partial charge is 0.257 e. The van der Waals surface area contributed by atoms with E-state index in [2.05, 4.69) is 15.1 Å². The molecule has 9 heteroatoms. The summed E-state index contributed by atoms with van der Waals surface area (Å²) in [5.74, 6) is 0.402. The second-order valence-electron chi connectivity index (χ2n) is 6.82. The molecular weight excluding hydrogens is 416 g/mol. The molecule has 0 unspecified atom stereocenters. The number of nitrogens with zero attached hydrogens (tertiary/aromatic N) is 2. The minimum absolute atomic E-state index is 0.00961. The standard InChI is InChI=1S/C22H20N4O4S/c1-16-9-10-19(31(28,29)23-15-18-8-5-13-30-18)14-20(16)22(27)24-21-11-12-26(25-21)17-6-3-2-4-7-17/h2-14,23H,15H2,1H3,(H,24,25,27). The number of benzene rings is 2. The van der Waals surface area contributed by atoms with Gasteiger partial charge >= 0.3 is 0 Å². The van der Waals surface area contributed by atoms with Crippen molar-refractivity contribution in [3.63, 3.8) is 0 Å². The Labute approximate surface area is 179 Å². The third kappa shape index (κ3) is 4.73. The lowest BCUT2D eigenvalue weighted by Crippen LogP contribution is -2.24. The van der Waals surface area contributed by atoms with Gasteiger partial charge in [0, 0.05) is 17.8 Å². The van der Waals surface area contributed by atoms with Crippen molar-refractivity contribution < 1.29 is 17.6 Å². The minimum Gasteiger partial charge on any atom is -0.468 e. The maximum atomic E-state index is 12.8. The first-order valence-electron chi connectivity index (χ1n) is 9.47. The highest BCUT2D eigenvalue weighted by Gasteiger charge is 2.19. The highest BCUT2D eigenvalue weighted by Crippen LogP contribution is 2.18. The molecule has 0 radical (unpaired) electrons. The topological polar surface area (TPSA) is 106 Å². The van der Waals surface area contributed by atoms with Gasteiger partial charge in [0.05, 0.1) is 23.4 Å².